The van der Waals surface area contributed by atoms with Gasteiger partial charge in [-0.1, -0.05) is 0 Å². The highest BCUT2D eigenvalue weighted by Gasteiger charge is 2.47. The average Bonchev–Trinajstić information content (AvgIpc) is 1.86. The summed E-state index contributed by atoms with van der Waals surface area (Å²) in [6.45, 7) is 0.473. The van der Waals surface area contributed by atoms with Crippen molar-refractivity contribution in [3.05, 3.63) is 0 Å². The van der Waals surface area contributed by atoms with Crippen LogP contribution in [0.1, 0.15) is 0 Å². The van der Waals surface area contributed by atoms with E-state index in [2.05, 4.69) is 0 Å². The first-order chi connectivity index (χ1) is 5.12. The van der Waals surface area contributed by atoms with Gasteiger partial charge in [0.15, 0.2) is 5.41 Å². The molecule has 0 aliphatic carbocycles. The molecule has 0 bridgehead atoms. The van der Waals surface area contributed by atoms with Gasteiger partial charge in [-0.15, -0.1) is 0 Å². The van der Waals surface area contributed by atoms with E-state index in [-0.39, 0.29) is 19.1 Å². The third-order valence-corrected chi connectivity index (χ3v) is 1.73. The number of rotatable bonds is 1. The van der Waals surface area contributed by atoms with Gasteiger partial charge < -0.3 is 9.64 Å². The molecule has 1 fully saturated rings. The second-order valence-electron chi connectivity index (χ2n) is 2.89. The molecule has 0 N–H and O–H groups in total. The first kappa shape index (κ1) is 8.02. The van der Waals surface area contributed by atoms with Crippen LogP contribution >= 0.6 is 0 Å². The predicted octanol–water partition coefficient (Wildman–Crippen LogP) is -0.385. The molecule has 11 heavy (non-hydrogen) atoms. The molecule has 4 heteroatoms. The number of hydrogen-bond acceptors (Lipinski definition) is 3. The van der Waals surface area contributed by atoms with Gasteiger partial charge in [-0.2, -0.15) is 5.26 Å². The number of carbonyl (C=O) groups excluding carboxylic acids is 1. The predicted molar refractivity (Wildman–Crippen MR) is 37.6 cm³/mol. The zero-order valence-corrected chi connectivity index (χ0v) is 6.63. The van der Waals surface area contributed by atoms with Crippen LogP contribution in [-0.4, -0.2) is 38.1 Å². The molecule has 0 atom stereocenters. The minimum Gasteiger partial charge on any atom is -0.377 e. The lowest BCUT2D eigenvalue weighted by Gasteiger charge is -2.35. The van der Waals surface area contributed by atoms with Crippen LogP contribution in [0.3, 0.4) is 0 Å². The van der Waals surface area contributed by atoms with E-state index in [1.807, 2.05) is 6.07 Å². The molecule has 0 spiro atoms. The lowest BCUT2D eigenvalue weighted by atomic mass is 9.86. The molecule has 0 aromatic heterocycles. The van der Waals surface area contributed by atoms with E-state index in [0.717, 1.165) is 0 Å². The van der Waals surface area contributed by atoms with Crippen LogP contribution in [0, 0.1) is 16.7 Å². The van der Waals surface area contributed by atoms with E-state index in [0.29, 0.717) is 0 Å². The molecule has 0 aromatic carbocycles. The Kier molecular flexibility index (Phi) is 1.83. The SMILES string of the molecule is CN(C)C(=O)C1(C#N)COC1. The maximum absolute atomic E-state index is 11.3. The van der Waals surface area contributed by atoms with E-state index in [1.54, 1.807) is 14.1 Å². The van der Waals surface area contributed by atoms with Crippen molar-refractivity contribution in [3.63, 3.8) is 0 Å². The Bertz CT molecular complexity index is 213. The van der Waals surface area contributed by atoms with Gasteiger partial charge in [0, 0.05) is 14.1 Å². The molecule has 0 saturated carbocycles. The zero-order chi connectivity index (χ0) is 8.48. The van der Waals surface area contributed by atoms with Crippen LogP contribution < -0.4 is 0 Å². The summed E-state index contributed by atoms with van der Waals surface area (Å²) in [5.41, 5.74) is -0.885. The van der Waals surface area contributed by atoms with Gasteiger partial charge in [0.25, 0.3) is 0 Å². The van der Waals surface area contributed by atoms with Crippen LogP contribution in [0.2, 0.25) is 0 Å². The Labute approximate surface area is 65.4 Å². The Morgan fingerprint density at radius 3 is 2.27 bits per heavy atom. The molecule has 1 amide bonds. The summed E-state index contributed by atoms with van der Waals surface area (Å²) in [5.74, 6) is -0.161. The van der Waals surface area contributed by atoms with Crippen LogP contribution in [0.25, 0.3) is 0 Å². The average molecular weight is 154 g/mol. The zero-order valence-electron chi connectivity index (χ0n) is 6.63. The van der Waals surface area contributed by atoms with Gasteiger partial charge in [-0.3, -0.25) is 4.79 Å². The van der Waals surface area contributed by atoms with E-state index in [1.165, 1.54) is 4.90 Å². The van der Waals surface area contributed by atoms with E-state index >= 15 is 0 Å². The van der Waals surface area contributed by atoms with Crippen molar-refractivity contribution >= 4 is 5.91 Å². The number of hydrogen-bond donors (Lipinski definition) is 0. The van der Waals surface area contributed by atoms with E-state index in [9.17, 15) is 4.79 Å². The molecule has 0 radical (unpaired) electrons. The molecule has 1 saturated heterocycles. The maximum atomic E-state index is 11.3. The van der Waals surface area contributed by atoms with Gasteiger partial charge in [0.2, 0.25) is 5.91 Å². The van der Waals surface area contributed by atoms with Crippen LogP contribution in [-0.2, 0) is 9.53 Å². The summed E-state index contributed by atoms with van der Waals surface area (Å²) < 4.78 is 4.83. The summed E-state index contributed by atoms with van der Waals surface area (Å²) in [6.07, 6.45) is 0. The normalized spacial score (nSPS) is 19.7. The molecule has 1 heterocycles. The lowest BCUT2D eigenvalue weighted by molar-refractivity contribution is -0.158. The third kappa shape index (κ3) is 1.08. The van der Waals surface area contributed by atoms with Crippen molar-refractivity contribution in [3.8, 4) is 6.07 Å². The molecule has 1 aliphatic rings. The Morgan fingerprint density at radius 2 is 2.18 bits per heavy atom. The highest BCUT2D eigenvalue weighted by atomic mass is 16.5. The Balaban J connectivity index is 2.72. The highest BCUT2D eigenvalue weighted by Crippen LogP contribution is 2.27. The molecule has 0 aromatic rings. The summed E-state index contributed by atoms with van der Waals surface area (Å²) in [4.78, 5) is 12.7. The third-order valence-electron chi connectivity index (χ3n) is 1.73. The van der Waals surface area contributed by atoms with Gasteiger partial charge in [0.05, 0.1) is 19.3 Å². The Morgan fingerprint density at radius 1 is 1.64 bits per heavy atom. The number of carbonyl (C=O) groups is 1. The monoisotopic (exact) mass is 154 g/mol. The van der Waals surface area contributed by atoms with Gasteiger partial charge >= 0.3 is 0 Å². The topological polar surface area (TPSA) is 53.3 Å². The van der Waals surface area contributed by atoms with Gasteiger partial charge in [-0.25, -0.2) is 0 Å². The van der Waals surface area contributed by atoms with Crippen molar-refractivity contribution in [1.82, 2.24) is 4.90 Å². The van der Waals surface area contributed by atoms with Crippen molar-refractivity contribution in [2.45, 2.75) is 0 Å². The fourth-order valence-corrected chi connectivity index (χ4v) is 0.970. The minimum atomic E-state index is -0.885. The maximum Gasteiger partial charge on any atom is 0.247 e. The quantitative estimate of drug-likeness (QED) is 0.517. The molecule has 1 rings (SSSR count). The van der Waals surface area contributed by atoms with Crippen molar-refractivity contribution in [2.75, 3.05) is 27.3 Å². The summed E-state index contributed by atoms with van der Waals surface area (Å²) >= 11 is 0. The molecule has 1 aliphatic heterocycles. The standard InChI is InChI=1S/C7H10N2O2/c1-9(2)6(10)7(3-8)4-11-5-7/h4-5H2,1-2H3. The minimum absolute atomic E-state index is 0.161. The first-order valence-electron chi connectivity index (χ1n) is 3.33. The largest absolute Gasteiger partial charge is 0.377 e. The van der Waals surface area contributed by atoms with Crippen LogP contribution in [0.5, 0.6) is 0 Å². The van der Waals surface area contributed by atoms with Gasteiger partial charge in [0.1, 0.15) is 0 Å². The van der Waals surface area contributed by atoms with E-state index in [4.69, 9.17) is 10.00 Å². The number of nitriles is 1. The fourth-order valence-electron chi connectivity index (χ4n) is 0.970. The van der Waals surface area contributed by atoms with Gasteiger partial charge in [-0.05, 0) is 0 Å². The number of nitrogens with zero attached hydrogens (tertiary/aromatic N) is 2. The molecule has 0 unspecified atom stereocenters. The molecular formula is C7H10N2O2. The van der Waals surface area contributed by atoms with Crippen LogP contribution in [0.4, 0.5) is 0 Å². The summed E-state index contributed by atoms with van der Waals surface area (Å²) in [6, 6.07) is 1.98. The first-order valence-corrected chi connectivity index (χ1v) is 3.33. The van der Waals surface area contributed by atoms with Crippen molar-refractivity contribution < 1.29 is 9.53 Å². The fraction of sp³-hybridized carbons (Fsp3) is 0.714. The van der Waals surface area contributed by atoms with Crippen molar-refractivity contribution in [2.24, 2.45) is 5.41 Å². The van der Waals surface area contributed by atoms with Crippen molar-refractivity contribution in [1.29, 1.82) is 5.26 Å². The second kappa shape index (κ2) is 2.51. The second-order valence-corrected chi connectivity index (χ2v) is 2.89. The molecule has 4 nitrogen and oxygen atoms in total. The molecule has 60 valence electrons. The molecular weight excluding hydrogens is 144 g/mol. The number of amides is 1. The summed E-state index contributed by atoms with van der Waals surface area (Å²) in [5, 5.41) is 8.68. The smallest absolute Gasteiger partial charge is 0.247 e. The van der Waals surface area contributed by atoms with Crippen LogP contribution in [0.15, 0.2) is 0 Å². The Hall–Kier alpha value is -1.08. The number of ether oxygens (including phenoxy) is 1. The van der Waals surface area contributed by atoms with E-state index < -0.39 is 5.41 Å². The summed E-state index contributed by atoms with van der Waals surface area (Å²) in [7, 11) is 3.28. The highest BCUT2D eigenvalue weighted by molar-refractivity contribution is 5.86. The lowest BCUT2D eigenvalue weighted by Crippen LogP contribution is -2.52.